The Morgan fingerprint density at radius 2 is 1.86 bits per heavy atom. The Morgan fingerprint density at radius 3 is 2.38 bits per heavy atom. The number of hydrogen-bond donors (Lipinski definition) is 2. The van der Waals surface area contributed by atoms with Crippen molar-refractivity contribution < 1.29 is 13.2 Å². The lowest BCUT2D eigenvalue weighted by atomic mass is 10.1. The van der Waals surface area contributed by atoms with Crippen LogP contribution in [0.4, 0.5) is 18.9 Å². The molecule has 1 aromatic rings. The molecule has 8 heteroatoms. The Labute approximate surface area is 125 Å². The van der Waals surface area contributed by atoms with Gasteiger partial charge in [-0.2, -0.15) is 13.2 Å². The van der Waals surface area contributed by atoms with Gasteiger partial charge in [0.2, 0.25) is 0 Å². The summed E-state index contributed by atoms with van der Waals surface area (Å²) in [5.41, 5.74) is 6.78. The molecular formula is C13H16ClF3N4. The van der Waals surface area contributed by atoms with E-state index in [2.05, 4.69) is 0 Å². The van der Waals surface area contributed by atoms with Crippen molar-refractivity contribution in [3.63, 3.8) is 0 Å². The second-order valence-electron chi connectivity index (χ2n) is 4.95. The SMILES string of the molecule is N=C(N)c1ccc(Cl)cc1N1CCN(CC(F)(F)F)CC1. The van der Waals surface area contributed by atoms with E-state index in [9.17, 15) is 13.2 Å². The van der Waals surface area contributed by atoms with Crippen molar-refractivity contribution in [2.75, 3.05) is 37.6 Å². The van der Waals surface area contributed by atoms with Crippen LogP contribution in [0.1, 0.15) is 5.56 Å². The maximum Gasteiger partial charge on any atom is 0.401 e. The smallest absolute Gasteiger partial charge is 0.384 e. The van der Waals surface area contributed by atoms with Crippen LogP contribution < -0.4 is 10.6 Å². The van der Waals surface area contributed by atoms with E-state index in [1.807, 2.05) is 4.90 Å². The molecule has 0 aromatic heterocycles. The molecule has 2 rings (SSSR count). The molecule has 0 amide bonds. The number of nitrogens with two attached hydrogens (primary N) is 1. The number of benzene rings is 1. The highest BCUT2D eigenvalue weighted by molar-refractivity contribution is 6.31. The molecule has 0 spiro atoms. The second-order valence-corrected chi connectivity index (χ2v) is 5.39. The van der Waals surface area contributed by atoms with E-state index in [4.69, 9.17) is 22.7 Å². The van der Waals surface area contributed by atoms with E-state index < -0.39 is 12.7 Å². The first kappa shape index (κ1) is 15.9. The van der Waals surface area contributed by atoms with Gasteiger partial charge in [0, 0.05) is 42.5 Å². The minimum Gasteiger partial charge on any atom is -0.384 e. The molecule has 1 heterocycles. The number of halogens is 4. The van der Waals surface area contributed by atoms with E-state index in [-0.39, 0.29) is 5.84 Å². The van der Waals surface area contributed by atoms with Crippen LogP contribution in [0.15, 0.2) is 18.2 Å². The normalized spacial score (nSPS) is 17.0. The summed E-state index contributed by atoms with van der Waals surface area (Å²) in [5.74, 6) is -0.0839. The average Bonchev–Trinajstić information content (AvgIpc) is 2.37. The highest BCUT2D eigenvalue weighted by Gasteiger charge is 2.32. The fourth-order valence-electron chi connectivity index (χ4n) is 2.39. The van der Waals surface area contributed by atoms with Crippen LogP contribution >= 0.6 is 11.6 Å². The average molecular weight is 321 g/mol. The van der Waals surface area contributed by atoms with Crippen molar-refractivity contribution in [3.05, 3.63) is 28.8 Å². The van der Waals surface area contributed by atoms with Gasteiger partial charge in [-0.1, -0.05) is 11.6 Å². The summed E-state index contributed by atoms with van der Waals surface area (Å²) in [5, 5.41) is 8.08. The lowest BCUT2D eigenvalue weighted by Gasteiger charge is -2.37. The number of nitrogen functional groups attached to an aromatic ring is 1. The number of piperazine rings is 1. The quantitative estimate of drug-likeness (QED) is 0.664. The lowest BCUT2D eigenvalue weighted by molar-refractivity contribution is -0.146. The largest absolute Gasteiger partial charge is 0.401 e. The Kier molecular flexibility index (Phi) is 4.63. The Bertz CT molecular complexity index is 525. The maximum atomic E-state index is 12.4. The molecule has 0 saturated carbocycles. The van der Waals surface area contributed by atoms with E-state index in [0.717, 1.165) is 0 Å². The summed E-state index contributed by atoms with van der Waals surface area (Å²) in [4.78, 5) is 3.28. The number of anilines is 1. The van der Waals surface area contributed by atoms with Crippen molar-refractivity contribution in [1.82, 2.24) is 4.90 Å². The summed E-state index contributed by atoms with van der Waals surface area (Å²) >= 11 is 5.96. The van der Waals surface area contributed by atoms with E-state index in [1.165, 1.54) is 4.90 Å². The van der Waals surface area contributed by atoms with Gasteiger partial charge in [-0.3, -0.25) is 10.3 Å². The third-order valence-electron chi connectivity index (χ3n) is 3.37. The van der Waals surface area contributed by atoms with E-state index in [1.54, 1.807) is 18.2 Å². The number of alkyl halides is 3. The number of nitrogens with one attached hydrogen (secondary N) is 1. The zero-order valence-corrected chi connectivity index (χ0v) is 12.0. The zero-order valence-electron chi connectivity index (χ0n) is 11.3. The molecule has 0 unspecified atom stereocenters. The van der Waals surface area contributed by atoms with Crippen LogP contribution in [0.5, 0.6) is 0 Å². The lowest BCUT2D eigenvalue weighted by Crippen LogP contribution is -2.49. The molecule has 0 aliphatic carbocycles. The van der Waals surface area contributed by atoms with Gasteiger partial charge in [0.05, 0.1) is 6.54 Å². The van der Waals surface area contributed by atoms with Crippen molar-refractivity contribution in [2.24, 2.45) is 5.73 Å². The van der Waals surface area contributed by atoms with E-state index >= 15 is 0 Å². The number of amidine groups is 1. The van der Waals surface area contributed by atoms with Crippen LogP contribution in [-0.2, 0) is 0 Å². The molecule has 116 valence electrons. The van der Waals surface area contributed by atoms with Crippen molar-refractivity contribution in [2.45, 2.75) is 6.18 Å². The van der Waals surface area contributed by atoms with Crippen LogP contribution in [0, 0.1) is 5.41 Å². The van der Waals surface area contributed by atoms with Gasteiger partial charge in [-0.25, -0.2) is 0 Å². The maximum absolute atomic E-state index is 12.4. The fourth-order valence-corrected chi connectivity index (χ4v) is 2.56. The van der Waals surface area contributed by atoms with Crippen LogP contribution in [0.25, 0.3) is 0 Å². The molecule has 0 radical (unpaired) electrons. The highest BCUT2D eigenvalue weighted by Crippen LogP contribution is 2.26. The molecule has 0 atom stereocenters. The molecular weight excluding hydrogens is 305 g/mol. The Morgan fingerprint density at radius 1 is 1.24 bits per heavy atom. The van der Waals surface area contributed by atoms with Gasteiger partial charge >= 0.3 is 6.18 Å². The number of nitrogens with zero attached hydrogens (tertiary/aromatic N) is 2. The molecule has 0 bridgehead atoms. The molecule has 1 aliphatic heterocycles. The summed E-state index contributed by atoms with van der Waals surface area (Å²) in [7, 11) is 0. The predicted octanol–water partition coefficient (Wildman–Crippen LogP) is 2.31. The molecule has 1 saturated heterocycles. The third kappa shape index (κ3) is 4.25. The van der Waals surface area contributed by atoms with Crippen LogP contribution in [-0.4, -0.2) is 49.6 Å². The van der Waals surface area contributed by atoms with Gasteiger partial charge in [-0.15, -0.1) is 0 Å². The highest BCUT2D eigenvalue weighted by atomic mass is 35.5. The third-order valence-corrected chi connectivity index (χ3v) is 3.60. The van der Waals surface area contributed by atoms with Gasteiger partial charge in [-0.05, 0) is 18.2 Å². The van der Waals surface area contributed by atoms with Gasteiger partial charge in [0.1, 0.15) is 5.84 Å². The van der Waals surface area contributed by atoms with Crippen LogP contribution in [0.2, 0.25) is 5.02 Å². The standard InChI is InChI=1S/C13H16ClF3N4/c14-9-1-2-10(12(18)19)11(7-9)21-5-3-20(4-6-21)8-13(15,16)17/h1-2,7H,3-6,8H2,(H3,18,19). The first-order chi connectivity index (χ1) is 9.76. The summed E-state index contributed by atoms with van der Waals surface area (Å²) in [6.45, 7) is 0.607. The van der Waals surface area contributed by atoms with Crippen LogP contribution in [0.3, 0.4) is 0 Å². The summed E-state index contributed by atoms with van der Waals surface area (Å²) < 4.78 is 37.1. The van der Waals surface area contributed by atoms with Gasteiger partial charge in [0.15, 0.2) is 0 Å². The molecule has 3 N–H and O–H groups in total. The molecule has 1 fully saturated rings. The Hall–Kier alpha value is -1.47. The number of hydrogen-bond acceptors (Lipinski definition) is 3. The van der Waals surface area contributed by atoms with Crippen molar-refractivity contribution >= 4 is 23.1 Å². The molecule has 21 heavy (non-hydrogen) atoms. The predicted molar refractivity (Wildman–Crippen MR) is 77.2 cm³/mol. The van der Waals surface area contributed by atoms with Crippen molar-refractivity contribution in [1.29, 1.82) is 5.41 Å². The first-order valence-electron chi connectivity index (χ1n) is 6.44. The minimum atomic E-state index is -4.18. The number of rotatable bonds is 3. The van der Waals surface area contributed by atoms with Gasteiger partial charge < -0.3 is 10.6 Å². The Balaban J connectivity index is 2.09. The van der Waals surface area contributed by atoms with Crippen molar-refractivity contribution in [3.8, 4) is 0 Å². The second kappa shape index (κ2) is 6.11. The van der Waals surface area contributed by atoms with E-state index in [0.29, 0.717) is 42.5 Å². The first-order valence-corrected chi connectivity index (χ1v) is 6.82. The monoisotopic (exact) mass is 320 g/mol. The minimum absolute atomic E-state index is 0.0839. The molecule has 1 aliphatic rings. The summed E-state index contributed by atoms with van der Waals surface area (Å²) in [6.07, 6.45) is -4.18. The fraction of sp³-hybridized carbons (Fsp3) is 0.462. The topological polar surface area (TPSA) is 56.4 Å². The van der Waals surface area contributed by atoms with Gasteiger partial charge in [0.25, 0.3) is 0 Å². The summed E-state index contributed by atoms with van der Waals surface area (Å²) in [6, 6.07) is 4.99. The zero-order chi connectivity index (χ0) is 15.6. The molecule has 1 aromatic carbocycles. The molecule has 4 nitrogen and oxygen atoms in total.